The molecule has 0 aliphatic carbocycles. The Hall–Kier alpha value is -3.60. The molecule has 0 saturated carbocycles. The lowest BCUT2D eigenvalue weighted by Crippen LogP contribution is -2.09. The molecule has 0 saturated heterocycles. The van der Waals surface area contributed by atoms with E-state index in [1.54, 1.807) is 6.26 Å². The lowest BCUT2D eigenvalue weighted by atomic mass is 10.1. The van der Waals surface area contributed by atoms with Crippen LogP contribution in [-0.4, -0.2) is 16.5 Å². The number of aryl methyl sites for hydroxylation is 1. The van der Waals surface area contributed by atoms with E-state index < -0.39 is 0 Å². The van der Waals surface area contributed by atoms with Crippen LogP contribution in [0.25, 0.3) is 11.3 Å². The minimum absolute atomic E-state index is 0.575. The van der Waals surface area contributed by atoms with Gasteiger partial charge in [0.1, 0.15) is 11.6 Å². The molecule has 0 aliphatic rings. The van der Waals surface area contributed by atoms with Crippen molar-refractivity contribution in [2.45, 2.75) is 19.4 Å². The average Bonchev–Trinajstić information content (AvgIpc) is 3.30. The van der Waals surface area contributed by atoms with Gasteiger partial charge in [-0.1, -0.05) is 60.7 Å². The summed E-state index contributed by atoms with van der Waals surface area (Å²) in [7, 11) is 0. The van der Waals surface area contributed by atoms with Crippen molar-refractivity contribution in [1.29, 1.82) is 0 Å². The summed E-state index contributed by atoms with van der Waals surface area (Å²) in [6.45, 7) is 1.39. The van der Waals surface area contributed by atoms with E-state index in [1.807, 2.05) is 42.5 Å². The highest BCUT2D eigenvalue weighted by molar-refractivity contribution is 5.64. The summed E-state index contributed by atoms with van der Waals surface area (Å²) in [5, 5.41) is 6.70. The number of nitrogens with zero attached hydrogens (tertiary/aromatic N) is 2. The zero-order chi connectivity index (χ0) is 19.7. The predicted octanol–water partition coefficient (Wildman–Crippen LogP) is 5.39. The quantitative estimate of drug-likeness (QED) is 0.379. The topological polar surface area (TPSA) is 63.0 Å². The van der Waals surface area contributed by atoms with Gasteiger partial charge in [0.2, 0.25) is 5.95 Å². The molecular weight excluding hydrogens is 360 g/mol. The molecule has 0 amide bonds. The zero-order valence-electron chi connectivity index (χ0n) is 16.2. The van der Waals surface area contributed by atoms with Crippen LogP contribution < -0.4 is 10.6 Å². The van der Waals surface area contributed by atoms with Crippen molar-refractivity contribution in [3.05, 3.63) is 96.4 Å². The molecule has 0 atom stereocenters. The molecule has 2 aromatic heterocycles. The van der Waals surface area contributed by atoms with Crippen molar-refractivity contribution in [2.75, 3.05) is 17.2 Å². The van der Waals surface area contributed by atoms with Crippen molar-refractivity contribution in [3.8, 4) is 11.3 Å². The molecule has 2 N–H and O–H groups in total. The maximum absolute atomic E-state index is 5.40. The van der Waals surface area contributed by atoms with Crippen LogP contribution in [-0.2, 0) is 13.0 Å². The van der Waals surface area contributed by atoms with Crippen molar-refractivity contribution in [2.24, 2.45) is 0 Å². The van der Waals surface area contributed by atoms with E-state index >= 15 is 0 Å². The summed E-state index contributed by atoms with van der Waals surface area (Å²) in [6, 6.07) is 26.4. The molecule has 5 heteroatoms. The lowest BCUT2D eigenvalue weighted by Gasteiger charge is -2.11. The molecule has 146 valence electrons. The summed E-state index contributed by atoms with van der Waals surface area (Å²) in [4.78, 5) is 9.34. The van der Waals surface area contributed by atoms with Gasteiger partial charge in [-0.15, -0.1) is 0 Å². The van der Waals surface area contributed by atoms with Gasteiger partial charge in [-0.25, -0.2) is 4.98 Å². The number of furan rings is 1. The first-order valence-corrected chi connectivity index (χ1v) is 9.85. The van der Waals surface area contributed by atoms with Gasteiger partial charge >= 0.3 is 0 Å². The van der Waals surface area contributed by atoms with Crippen LogP contribution in [0.15, 0.2) is 89.5 Å². The van der Waals surface area contributed by atoms with Gasteiger partial charge in [0, 0.05) is 18.2 Å². The van der Waals surface area contributed by atoms with Crippen molar-refractivity contribution < 1.29 is 4.42 Å². The summed E-state index contributed by atoms with van der Waals surface area (Å²) in [6.07, 6.45) is 3.71. The Balaban J connectivity index is 1.45. The molecule has 0 fully saturated rings. The molecule has 2 aromatic carbocycles. The lowest BCUT2D eigenvalue weighted by molar-refractivity contribution is 0.518. The number of hydrogen-bond acceptors (Lipinski definition) is 5. The number of benzene rings is 2. The molecule has 0 unspecified atom stereocenters. The molecule has 0 aliphatic heterocycles. The SMILES string of the molecule is c1ccc(CCCNc2nc(NCc3ccco3)cc(-c3ccccc3)n2)cc1. The van der Waals surface area contributed by atoms with Crippen LogP contribution in [0.2, 0.25) is 0 Å². The predicted molar refractivity (Wildman–Crippen MR) is 117 cm³/mol. The Morgan fingerprint density at radius 1 is 0.793 bits per heavy atom. The maximum atomic E-state index is 5.40. The fraction of sp³-hybridized carbons (Fsp3) is 0.167. The molecule has 4 aromatic rings. The second-order valence-electron chi connectivity index (χ2n) is 6.78. The minimum atomic E-state index is 0.575. The molecular formula is C24H24N4O. The van der Waals surface area contributed by atoms with Crippen molar-refractivity contribution in [1.82, 2.24) is 9.97 Å². The molecule has 0 radical (unpaired) electrons. The first kappa shape index (κ1) is 18.7. The molecule has 29 heavy (non-hydrogen) atoms. The standard InChI is InChI=1S/C24H24N4O/c1-3-9-19(10-4-1)11-7-15-25-24-27-22(20-12-5-2-6-13-20)17-23(28-24)26-18-21-14-8-16-29-21/h1-6,8-10,12-14,16-17H,7,11,15,18H2,(H2,25,26,27,28). The van der Waals surface area contributed by atoms with E-state index in [-0.39, 0.29) is 0 Å². The third-order valence-electron chi connectivity index (χ3n) is 4.59. The third kappa shape index (κ3) is 5.45. The van der Waals surface area contributed by atoms with Crippen LogP contribution in [0, 0.1) is 0 Å². The molecule has 4 rings (SSSR count). The van der Waals surface area contributed by atoms with Crippen molar-refractivity contribution in [3.63, 3.8) is 0 Å². The van der Waals surface area contributed by atoms with E-state index in [4.69, 9.17) is 9.40 Å². The fourth-order valence-corrected chi connectivity index (χ4v) is 3.10. The highest BCUT2D eigenvalue weighted by Gasteiger charge is 2.07. The van der Waals surface area contributed by atoms with E-state index in [9.17, 15) is 0 Å². The monoisotopic (exact) mass is 384 g/mol. The molecule has 0 spiro atoms. The Bertz CT molecular complexity index is 1000. The summed E-state index contributed by atoms with van der Waals surface area (Å²) < 4.78 is 5.40. The van der Waals surface area contributed by atoms with E-state index in [1.165, 1.54) is 5.56 Å². The molecule has 5 nitrogen and oxygen atoms in total. The summed E-state index contributed by atoms with van der Waals surface area (Å²) >= 11 is 0. The van der Waals surface area contributed by atoms with Crippen LogP contribution >= 0.6 is 0 Å². The summed E-state index contributed by atoms with van der Waals surface area (Å²) in [5.74, 6) is 2.25. The number of anilines is 2. The van der Waals surface area contributed by atoms with E-state index in [2.05, 4.69) is 52.0 Å². The third-order valence-corrected chi connectivity index (χ3v) is 4.59. The molecule has 2 heterocycles. The van der Waals surface area contributed by atoms with E-state index in [0.717, 1.165) is 42.2 Å². The Labute approximate surface area is 170 Å². The Morgan fingerprint density at radius 2 is 1.59 bits per heavy atom. The minimum Gasteiger partial charge on any atom is -0.467 e. The normalized spacial score (nSPS) is 10.6. The Morgan fingerprint density at radius 3 is 2.34 bits per heavy atom. The number of nitrogens with one attached hydrogen (secondary N) is 2. The van der Waals surface area contributed by atoms with E-state index in [0.29, 0.717) is 12.5 Å². The second-order valence-corrected chi connectivity index (χ2v) is 6.78. The van der Waals surface area contributed by atoms with Gasteiger partial charge in [0.25, 0.3) is 0 Å². The first-order chi connectivity index (χ1) is 14.4. The highest BCUT2D eigenvalue weighted by Crippen LogP contribution is 2.21. The van der Waals surface area contributed by atoms with Gasteiger partial charge in [-0.05, 0) is 30.5 Å². The first-order valence-electron chi connectivity index (χ1n) is 9.85. The smallest absolute Gasteiger partial charge is 0.225 e. The second kappa shape index (κ2) is 9.55. The fourth-order valence-electron chi connectivity index (χ4n) is 3.10. The van der Waals surface area contributed by atoms with Gasteiger partial charge in [-0.2, -0.15) is 4.98 Å². The van der Waals surface area contributed by atoms with Gasteiger partial charge in [-0.3, -0.25) is 0 Å². The number of rotatable bonds is 9. The van der Waals surface area contributed by atoms with Crippen LogP contribution in [0.1, 0.15) is 17.7 Å². The average molecular weight is 384 g/mol. The Kier molecular flexibility index (Phi) is 6.18. The summed E-state index contributed by atoms with van der Waals surface area (Å²) in [5.41, 5.74) is 3.28. The van der Waals surface area contributed by atoms with Crippen molar-refractivity contribution >= 4 is 11.8 Å². The number of aromatic nitrogens is 2. The largest absolute Gasteiger partial charge is 0.467 e. The van der Waals surface area contributed by atoms with Crippen LogP contribution in [0.5, 0.6) is 0 Å². The van der Waals surface area contributed by atoms with Gasteiger partial charge in [0.05, 0.1) is 18.5 Å². The van der Waals surface area contributed by atoms with Gasteiger partial charge in [0.15, 0.2) is 0 Å². The zero-order valence-corrected chi connectivity index (χ0v) is 16.2. The molecule has 0 bridgehead atoms. The van der Waals surface area contributed by atoms with Crippen LogP contribution in [0.3, 0.4) is 0 Å². The van der Waals surface area contributed by atoms with Crippen LogP contribution in [0.4, 0.5) is 11.8 Å². The van der Waals surface area contributed by atoms with Gasteiger partial charge < -0.3 is 15.1 Å². The number of hydrogen-bond donors (Lipinski definition) is 2. The highest BCUT2D eigenvalue weighted by atomic mass is 16.3. The maximum Gasteiger partial charge on any atom is 0.225 e.